The predicted molar refractivity (Wildman–Crippen MR) is 271 cm³/mol. The molecule has 0 unspecified atom stereocenters. The number of halogens is 6. The van der Waals surface area contributed by atoms with Crippen LogP contribution in [0.2, 0.25) is 0 Å². The highest BCUT2D eigenvalue weighted by Crippen LogP contribution is 2.46. The van der Waals surface area contributed by atoms with Crippen molar-refractivity contribution in [3.05, 3.63) is 215 Å². The fraction of sp³-hybridized carbons (Fsp3) is 0.0984. The van der Waals surface area contributed by atoms with E-state index >= 15 is 0 Å². The van der Waals surface area contributed by atoms with E-state index in [1.54, 1.807) is 30.3 Å². The van der Waals surface area contributed by atoms with Gasteiger partial charge in [0.2, 0.25) is 0 Å². The lowest BCUT2D eigenvalue weighted by Crippen LogP contribution is -2.11. The summed E-state index contributed by atoms with van der Waals surface area (Å²) < 4.78 is 90.7. The molecule has 0 bridgehead atoms. The Kier molecular flexibility index (Phi) is 10.4. The first-order chi connectivity index (χ1) is 33.5. The average molecular weight is 930 g/mol. The summed E-state index contributed by atoms with van der Waals surface area (Å²) in [6.45, 7) is 8.29. The summed E-state index contributed by atoms with van der Waals surface area (Å²) in [6, 6.07) is 55.6. The highest BCUT2D eigenvalue weighted by atomic mass is 19.4. The van der Waals surface area contributed by atoms with Gasteiger partial charge < -0.3 is 9.13 Å². The topological polar surface area (TPSA) is 33.6 Å². The van der Waals surface area contributed by atoms with Crippen molar-refractivity contribution in [2.75, 3.05) is 0 Å². The number of aromatic nitrogens is 2. The number of hydrogen-bond acceptors (Lipinski definition) is 1. The van der Waals surface area contributed by atoms with Crippen molar-refractivity contribution in [3.8, 4) is 62.0 Å². The molecule has 0 fully saturated rings. The summed E-state index contributed by atoms with van der Waals surface area (Å²) in [5, 5.41) is 14.4. The van der Waals surface area contributed by atoms with Crippen molar-refractivity contribution in [1.29, 1.82) is 5.26 Å². The van der Waals surface area contributed by atoms with Gasteiger partial charge in [-0.2, -0.15) is 31.6 Å². The molecule has 0 atom stereocenters. The monoisotopic (exact) mass is 929 g/mol. The molecule has 3 nitrogen and oxygen atoms in total. The normalized spacial score (nSPS) is 12.1. The molecule has 70 heavy (non-hydrogen) atoms. The lowest BCUT2D eigenvalue weighted by atomic mass is 9.93. The second-order valence-corrected chi connectivity index (χ2v) is 18.2. The molecule has 2 aromatic heterocycles. The molecule has 9 aromatic carbocycles. The zero-order valence-corrected chi connectivity index (χ0v) is 38.4. The highest BCUT2D eigenvalue weighted by molar-refractivity contribution is 6.13. The van der Waals surface area contributed by atoms with Crippen LogP contribution in [0.25, 0.3) is 99.5 Å². The van der Waals surface area contributed by atoms with Gasteiger partial charge in [0, 0.05) is 32.7 Å². The Balaban J connectivity index is 1.23. The second-order valence-electron chi connectivity index (χ2n) is 18.2. The average Bonchev–Trinajstić information content (AvgIpc) is 3.85. The van der Waals surface area contributed by atoms with Crippen LogP contribution in [0.3, 0.4) is 0 Å². The van der Waals surface area contributed by atoms with Gasteiger partial charge in [0.15, 0.2) is 0 Å². The van der Waals surface area contributed by atoms with Crippen molar-refractivity contribution in [1.82, 2.24) is 9.13 Å². The summed E-state index contributed by atoms with van der Waals surface area (Å²) in [4.78, 5) is 0. The van der Waals surface area contributed by atoms with E-state index in [0.29, 0.717) is 28.1 Å². The van der Waals surface area contributed by atoms with Crippen LogP contribution in [-0.4, -0.2) is 9.13 Å². The van der Waals surface area contributed by atoms with Crippen LogP contribution in [-0.2, 0) is 12.4 Å². The smallest absolute Gasteiger partial charge is 0.309 e. The molecule has 0 amide bonds. The van der Waals surface area contributed by atoms with Gasteiger partial charge in [-0.3, -0.25) is 0 Å². The van der Waals surface area contributed by atoms with E-state index in [9.17, 15) is 31.6 Å². The SMILES string of the molecule is Cc1ccc(-c2ccc3c(c2)c2ccccc2n3-c2ccc(C#N)cc2-c2cc(-c3cc(C(F)(F)F)cc(C(F)(F)F)c3)ccc2-n2c3ccccc3c3cc(-c4ccc(C)cc4C)ccc32)c(C)c1. The van der Waals surface area contributed by atoms with E-state index in [0.717, 1.165) is 100 Å². The first-order valence-corrected chi connectivity index (χ1v) is 22.8. The number of nitrogens with zero attached hydrogens (tertiary/aromatic N) is 3. The van der Waals surface area contributed by atoms with Crippen LogP contribution in [0.5, 0.6) is 0 Å². The summed E-state index contributed by atoms with van der Waals surface area (Å²) in [5.41, 5.74) is 11.8. The minimum absolute atomic E-state index is 0.127. The van der Waals surface area contributed by atoms with Crippen molar-refractivity contribution in [2.24, 2.45) is 0 Å². The fourth-order valence-corrected chi connectivity index (χ4v) is 10.3. The first-order valence-electron chi connectivity index (χ1n) is 22.8. The van der Waals surface area contributed by atoms with Gasteiger partial charge in [0.05, 0.1) is 56.2 Å². The van der Waals surface area contributed by atoms with Gasteiger partial charge in [-0.25, -0.2) is 0 Å². The van der Waals surface area contributed by atoms with Gasteiger partial charge in [-0.15, -0.1) is 0 Å². The molecule has 0 N–H and O–H groups in total. The zero-order chi connectivity index (χ0) is 48.8. The molecule has 0 radical (unpaired) electrons. The minimum Gasteiger partial charge on any atom is -0.309 e. The number of alkyl halides is 6. The minimum atomic E-state index is -5.05. The van der Waals surface area contributed by atoms with Crippen molar-refractivity contribution < 1.29 is 26.3 Å². The van der Waals surface area contributed by atoms with Crippen LogP contribution < -0.4 is 0 Å². The van der Waals surface area contributed by atoms with E-state index < -0.39 is 23.5 Å². The number of benzene rings is 9. The van der Waals surface area contributed by atoms with Crippen molar-refractivity contribution >= 4 is 43.6 Å². The van der Waals surface area contributed by atoms with E-state index in [4.69, 9.17) is 0 Å². The molecule has 9 heteroatoms. The Morgan fingerprint density at radius 3 is 1.29 bits per heavy atom. The van der Waals surface area contributed by atoms with E-state index in [1.165, 1.54) is 0 Å². The molecule has 0 aliphatic carbocycles. The molecule has 11 aromatic rings. The molecule has 342 valence electrons. The Labute approximate surface area is 399 Å². The van der Waals surface area contributed by atoms with Gasteiger partial charge in [-0.1, -0.05) is 102 Å². The van der Waals surface area contributed by atoms with Crippen LogP contribution in [0.4, 0.5) is 26.3 Å². The van der Waals surface area contributed by atoms with Crippen LogP contribution in [0, 0.1) is 39.0 Å². The summed E-state index contributed by atoms with van der Waals surface area (Å²) in [5.74, 6) is 0. The summed E-state index contributed by atoms with van der Waals surface area (Å²) in [7, 11) is 0. The molecule has 0 saturated heterocycles. The number of nitriles is 1. The number of hydrogen-bond donors (Lipinski definition) is 0. The highest BCUT2D eigenvalue weighted by Gasteiger charge is 2.37. The standard InChI is InChI=1S/C61H41F6N3/c1-35-13-19-46(37(3)25-35)41-17-23-57-51(31-41)48-9-5-7-11-54(48)69(57)56-21-15-39(34-68)27-50(56)53-30-40(43-28-44(60(62,63)64)33-45(29-43)61(65,66)67)16-22-59(53)70-55-12-8-6-10-49(55)52-32-42(18-24-58(52)70)47-20-14-36(2)26-38(47)4/h5-33H,1-4H3. The molecular weight excluding hydrogens is 889 g/mol. The molecule has 0 saturated carbocycles. The molecule has 11 rings (SSSR count). The van der Waals surface area contributed by atoms with Crippen molar-refractivity contribution in [3.63, 3.8) is 0 Å². The molecule has 0 aliphatic heterocycles. The van der Waals surface area contributed by atoms with Gasteiger partial charge >= 0.3 is 12.4 Å². The number of aryl methyl sites for hydroxylation is 4. The Hall–Kier alpha value is -8.35. The second kappa shape index (κ2) is 16.4. The van der Waals surface area contributed by atoms with Crippen LogP contribution >= 0.6 is 0 Å². The van der Waals surface area contributed by atoms with E-state index in [2.05, 4.69) is 122 Å². The van der Waals surface area contributed by atoms with Crippen LogP contribution in [0.1, 0.15) is 38.9 Å². The molecular formula is C61H41F6N3. The summed E-state index contributed by atoms with van der Waals surface area (Å²) >= 11 is 0. The number of rotatable bonds is 6. The van der Waals surface area contributed by atoms with Gasteiger partial charge in [0.1, 0.15) is 0 Å². The maximum atomic E-state index is 14.4. The summed E-state index contributed by atoms with van der Waals surface area (Å²) in [6.07, 6.45) is -10.1. The number of para-hydroxylation sites is 2. The Morgan fingerprint density at radius 2 is 0.814 bits per heavy atom. The first kappa shape index (κ1) is 44.2. The fourth-order valence-electron chi connectivity index (χ4n) is 10.3. The third kappa shape index (κ3) is 7.48. The molecule has 0 spiro atoms. The maximum absolute atomic E-state index is 14.4. The lowest BCUT2D eigenvalue weighted by molar-refractivity contribution is -0.143. The van der Waals surface area contributed by atoms with Crippen LogP contribution in [0.15, 0.2) is 176 Å². The predicted octanol–water partition coefficient (Wildman–Crippen LogP) is 17.7. The molecule has 0 aliphatic rings. The maximum Gasteiger partial charge on any atom is 0.416 e. The zero-order valence-electron chi connectivity index (χ0n) is 38.4. The number of fused-ring (bicyclic) bond motifs is 6. The Bertz CT molecular complexity index is 3960. The van der Waals surface area contributed by atoms with Gasteiger partial charge in [0.25, 0.3) is 0 Å². The Morgan fingerprint density at radius 1 is 0.371 bits per heavy atom. The quantitative estimate of drug-likeness (QED) is 0.153. The largest absolute Gasteiger partial charge is 0.416 e. The van der Waals surface area contributed by atoms with Crippen molar-refractivity contribution in [2.45, 2.75) is 40.0 Å². The molecule has 2 heterocycles. The van der Waals surface area contributed by atoms with E-state index in [1.807, 2.05) is 48.5 Å². The third-order valence-electron chi connectivity index (χ3n) is 13.5. The van der Waals surface area contributed by atoms with Gasteiger partial charge in [-0.05, 0) is 157 Å². The lowest BCUT2D eigenvalue weighted by Gasteiger charge is -2.21. The van der Waals surface area contributed by atoms with E-state index in [-0.39, 0.29) is 17.2 Å². The third-order valence-corrected chi connectivity index (χ3v) is 13.5.